The maximum Gasteiger partial charge on any atom is 0.191 e. The highest BCUT2D eigenvalue weighted by Gasteiger charge is 2.08. The maximum absolute atomic E-state index is 13.5. The van der Waals surface area contributed by atoms with E-state index in [1.54, 1.807) is 32.4 Å². The predicted molar refractivity (Wildman–Crippen MR) is 88.5 cm³/mol. The summed E-state index contributed by atoms with van der Waals surface area (Å²) in [6, 6.07) is 6.35. The number of hydrogen-bond donors (Lipinski definition) is 2. The van der Waals surface area contributed by atoms with E-state index in [2.05, 4.69) is 15.6 Å². The van der Waals surface area contributed by atoms with E-state index in [0.717, 1.165) is 0 Å². The number of guanidine groups is 1. The molecule has 2 N–H and O–H groups in total. The van der Waals surface area contributed by atoms with Crippen LogP contribution < -0.4 is 15.4 Å². The molecule has 0 amide bonds. The normalized spacial score (nSPS) is 12.8. The van der Waals surface area contributed by atoms with Gasteiger partial charge in [0, 0.05) is 20.7 Å². The van der Waals surface area contributed by atoms with Crippen molar-refractivity contribution in [2.24, 2.45) is 4.99 Å². The van der Waals surface area contributed by atoms with Crippen LogP contribution in [0.5, 0.6) is 5.75 Å². The summed E-state index contributed by atoms with van der Waals surface area (Å²) in [5.74, 6) is 0.524. The van der Waals surface area contributed by atoms with Crippen molar-refractivity contribution in [3.63, 3.8) is 0 Å². The molecule has 0 aliphatic rings. The van der Waals surface area contributed by atoms with E-state index in [0.29, 0.717) is 38.9 Å². The summed E-state index contributed by atoms with van der Waals surface area (Å²) in [6.07, 6.45) is -0.205. The number of hydrogen-bond acceptors (Lipinski definition) is 4. The summed E-state index contributed by atoms with van der Waals surface area (Å²) in [6.45, 7) is 4.70. The van der Waals surface area contributed by atoms with Crippen molar-refractivity contribution in [1.29, 1.82) is 0 Å². The molecule has 0 aromatic heterocycles. The van der Waals surface area contributed by atoms with Gasteiger partial charge in [-0.15, -0.1) is 0 Å². The summed E-state index contributed by atoms with van der Waals surface area (Å²) in [5, 5.41) is 6.24. The Hall–Kier alpha value is -1.86. The third-order valence-corrected chi connectivity index (χ3v) is 2.92. The topological polar surface area (TPSA) is 64.1 Å². The van der Waals surface area contributed by atoms with Gasteiger partial charge >= 0.3 is 0 Å². The Balaban J connectivity index is 2.22. The number of methoxy groups -OCH3 is 1. The Bertz CT molecular complexity index is 472. The van der Waals surface area contributed by atoms with Gasteiger partial charge in [0.25, 0.3) is 0 Å². The quantitative estimate of drug-likeness (QED) is 0.387. The molecule has 0 spiro atoms. The minimum atomic E-state index is -0.366. The van der Waals surface area contributed by atoms with E-state index < -0.39 is 0 Å². The minimum absolute atomic E-state index is 0.205. The smallest absolute Gasteiger partial charge is 0.191 e. The van der Waals surface area contributed by atoms with E-state index >= 15 is 0 Å². The third-order valence-electron chi connectivity index (χ3n) is 2.92. The highest BCUT2D eigenvalue weighted by atomic mass is 19.1. The van der Waals surface area contributed by atoms with E-state index in [9.17, 15) is 4.39 Å². The van der Waals surface area contributed by atoms with Crippen LogP contribution in [0.15, 0.2) is 29.3 Å². The predicted octanol–water partition coefficient (Wildman–Crippen LogP) is 1.42. The van der Waals surface area contributed by atoms with Crippen LogP contribution in [0.1, 0.15) is 6.92 Å². The molecule has 7 heteroatoms. The molecule has 0 saturated carbocycles. The summed E-state index contributed by atoms with van der Waals surface area (Å²) in [5.41, 5.74) is 0. The van der Waals surface area contributed by atoms with E-state index in [-0.39, 0.29) is 17.7 Å². The van der Waals surface area contributed by atoms with Gasteiger partial charge in [0.1, 0.15) is 6.10 Å². The lowest BCUT2D eigenvalue weighted by atomic mass is 10.3. The largest absolute Gasteiger partial charge is 0.486 e. The van der Waals surface area contributed by atoms with Gasteiger partial charge in [0.15, 0.2) is 17.5 Å². The van der Waals surface area contributed by atoms with Crippen molar-refractivity contribution in [2.75, 3.05) is 47.1 Å². The molecule has 1 rings (SSSR count). The number of rotatable bonds is 10. The first-order valence-corrected chi connectivity index (χ1v) is 7.59. The monoisotopic (exact) mass is 327 g/mol. The van der Waals surface area contributed by atoms with Crippen molar-refractivity contribution in [2.45, 2.75) is 13.0 Å². The molecular formula is C16H26FN3O3. The summed E-state index contributed by atoms with van der Waals surface area (Å²) in [7, 11) is 3.32. The number of ether oxygens (including phenoxy) is 3. The standard InChI is InChI=1S/C16H26FN3O3/c1-13(23-15-7-5-4-6-14(15)17)12-20-16(18-2)19-8-9-22-11-10-21-3/h4-7,13H,8-12H2,1-3H3,(H2,18,19,20). The van der Waals surface area contributed by atoms with Crippen molar-refractivity contribution < 1.29 is 18.6 Å². The zero-order valence-electron chi connectivity index (χ0n) is 14.0. The third kappa shape index (κ3) is 8.37. The van der Waals surface area contributed by atoms with Crippen LogP contribution in [-0.2, 0) is 9.47 Å². The molecule has 1 aromatic carbocycles. The number of para-hydroxylation sites is 1. The lowest BCUT2D eigenvalue weighted by molar-refractivity contribution is 0.0733. The zero-order valence-corrected chi connectivity index (χ0v) is 14.0. The molecule has 1 unspecified atom stereocenters. The van der Waals surface area contributed by atoms with Crippen LogP contribution in [0.3, 0.4) is 0 Å². The maximum atomic E-state index is 13.5. The molecule has 0 heterocycles. The van der Waals surface area contributed by atoms with Crippen LogP contribution in [0.25, 0.3) is 0 Å². The van der Waals surface area contributed by atoms with Gasteiger partial charge in [-0.05, 0) is 19.1 Å². The molecule has 0 radical (unpaired) electrons. The Morgan fingerprint density at radius 2 is 2.00 bits per heavy atom. The molecular weight excluding hydrogens is 301 g/mol. The Labute approximate surface area is 137 Å². The Morgan fingerprint density at radius 1 is 1.22 bits per heavy atom. The number of aliphatic imine (C=N–C) groups is 1. The van der Waals surface area contributed by atoms with E-state index in [4.69, 9.17) is 14.2 Å². The summed E-state index contributed by atoms with van der Waals surface area (Å²) >= 11 is 0. The highest BCUT2D eigenvalue weighted by Crippen LogP contribution is 2.16. The minimum Gasteiger partial charge on any atom is -0.486 e. The van der Waals surface area contributed by atoms with Gasteiger partial charge < -0.3 is 24.8 Å². The van der Waals surface area contributed by atoms with Gasteiger partial charge in [-0.1, -0.05) is 12.1 Å². The van der Waals surface area contributed by atoms with Crippen LogP contribution in [0.4, 0.5) is 4.39 Å². The first-order valence-electron chi connectivity index (χ1n) is 7.59. The molecule has 130 valence electrons. The average molecular weight is 327 g/mol. The zero-order chi connectivity index (χ0) is 16.9. The first kappa shape index (κ1) is 19.2. The van der Waals surface area contributed by atoms with Gasteiger partial charge in [0.05, 0.1) is 26.4 Å². The Kier molecular flexibility index (Phi) is 9.74. The summed E-state index contributed by atoms with van der Waals surface area (Å²) < 4.78 is 29.3. The van der Waals surface area contributed by atoms with E-state index in [1.807, 2.05) is 6.92 Å². The Morgan fingerprint density at radius 3 is 2.70 bits per heavy atom. The van der Waals surface area contributed by atoms with Crippen LogP contribution in [-0.4, -0.2) is 59.1 Å². The molecule has 1 aromatic rings. The van der Waals surface area contributed by atoms with Crippen molar-refractivity contribution >= 4 is 5.96 Å². The average Bonchev–Trinajstić information content (AvgIpc) is 2.55. The molecule has 0 bridgehead atoms. The summed E-state index contributed by atoms with van der Waals surface area (Å²) in [4.78, 5) is 4.10. The van der Waals surface area contributed by atoms with Gasteiger partial charge in [-0.3, -0.25) is 4.99 Å². The molecule has 0 fully saturated rings. The molecule has 1 atom stereocenters. The van der Waals surface area contributed by atoms with Crippen molar-refractivity contribution in [3.8, 4) is 5.75 Å². The second-order valence-electron chi connectivity index (χ2n) is 4.84. The second kappa shape index (κ2) is 11.7. The van der Waals surface area contributed by atoms with Gasteiger partial charge in [-0.25, -0.2) is 4.39 Å². The van der Waals surface area contributed by atoms with Crippen molar-refractivity contribution in [1.82, 2.24) is 10.6 Å². The van der Waals surface area contributed by atoms with Gasteiger partial charge in [0.2, 0.25) is 0 Å². The van der Waals surface area contributed by atoms with Crippen LogP contribution in [0, 0.1) is 5.82 Å². The number of halogens is 1. The number of benzene rings is 1. The first-order chi connectivity index (χ1) is 11.2. The van der Waals surface area contributed by atoms with E-state index in [1.165, 1.54) is 6.07 Å². The van der Waals surface area contributed by atoms with Crippen LogP contribution >= 0.6 is 0 Å². The molecule has 6 nitrogen and oxygen atoms in total. The second-order valence-corrected chi connectivity index (χ2v) is 4.84. The van der Waals surface area contributed by atoms with Gasteiger partial charge in [-0.2, -0.15) is 0 Å². The van der Waals surface area contributed by atoms with Crippen molar-refractivity contribution in [3.05, 3.63) is 30.1 Å². The lowest BCUT2D eigenvalue weighted by Gasteiger charge is -2.18. The number of nitrogens with one attached hydrogen (secondary N) is 2. The molecule has 23 heavy (non-hydrogen) atoms. The lowest BCUT2D eigenvalue weighted by Crippen LogP contribution is -2.42. The fraction of sp³-hybridized carbons (Fsp3) is 0.562. The van der Waals surface area contributed by atoms with Crippen LogP contribution in [0.2, 0.25) is 0 Å². The fourth-order valence-electron chi connectivity index (χ4n) is 1.75. The SMILES string of the molecule is CN=C(NCCOCCOC)NCC(C)Oc1ccccc1F. The highest BCUT2D eigenvalue weighted by molar-refractivity contribution is 5.79. The molecule has 0 aliphatic heterocycles. The fourth-order valence-corrected chi connectivity index (χ4v) is 1.75. The number of nitrogens with zero attached hydrogens (tertiary/aromatic N) is 1. The molecule has 0 aliphatic carbocycles. The molecule has 0 saturated heterocycles.